The standard InChI is InChI=1S/C22H18ClF5N4/c1-12-6-13(22(26,27)28)7-21(30-12)32-14(8-18-19(32)4-3-5-29-18)11-31(2)20-9-15(23)16(24)10-17(20)25/h3-7,9-10,14H,8,11H2,1-2H3/t14-/m1/s1. The van der Waals surface area contributed by atoms with Crippen molar-refractivity contribution in [3.63, 3.8) is 0 Å². The topological polar surface area (TPSA) is 32.3 Å². The highest BCUT2D eigenvalue weighted by Gasteiger charge is 2.36. The minimum absolute atomic E-state index is 0.0773. The molecule has 4 nitrogen and oxygen atoms in total. The number of hydrogen-bond acceptors (Lipinski definition) is 4. The fourth-order valence-electron chi connectivity index (χ4n) is 3.93. The molecule has 1 aliphatic rings. The summed E-state index contributed by atoms with van der Waals surface area (Å²) in [5.41, 5.74) is 0.819. The maximum Gasteiger partial charge on any atom is 0.416 e. The van der Waals surface area contributed by atoms with E-state index in [1.54, 1.807) is 35.2 Å². The number of rotatable bonds is 4. The minimum atomic E-state index is -4.53. The molecule has 0 fully saturated rings. The molecule has 10 heteroatoms. The fourth-order valence-corrected chi connectivity index (χ4v) is 4.09. The zero-order valence-electron chi connectivity index (χ0n) is 17.1. The van der Waals surface area contributed by atoms with E-state index in [0.29, 0.717) is 23.9 Å². The summed E-state index contributed by atoms with van der Waals surface area (Å²) >= 11 is 5.82. The Balaban J connectivity index is 1.73. The lowest BCUT2D eigenvalue weighted by Crippen LogP contribution is -2.39. The van der Waals surface area contributed by atoms with Gasteiger partial charge < -0.3 is 9.80 Å². The van der Waals surface area contributed by atoms with Crippen LogP contribution < -0.4 is 9.80 Å². The zero-order chi connectivity index (χ0) is 23.2. The molecule has 2 aromatic heterocycles. The highest BCUT2D eigenvalue weighted by Crippen LogP contribution is 2.40. The molecule has 0 spiro atoms. The third-order valence-corrected chi connectivity index (χ3v) is 5.61. The smallest absolute Gasteiger partial charge is 0.370 e. The molecule has 32 heavy (non-hydrogen) atoms. The molecule has 4 rings (SSSR count). The van der Waals surface area contributed by atoms with Gasteiger partial charge in [0.2, 0.25) is 0 Å². The van der Waals surface area contributed by atoms with Crippen molar-refractivity contribution in [3.05, 3.63) is 76.2 Å². The van der Waals surface area contributed by atoms with E-state index < -0.39 is 29.4 Å². The molecule has 1 atom stereocenters. The number of benzene rings is 1. The van der Waals surface area contributed by atoms with Crippen molar-refractivity contribution in [2.24, 2.45) is 0 Å². The molecule has 3 heterocycles. The van der Waals surface area contributed by atoms with Gasteiger partial charge in [0.1, 0.15) is 17.5 Å². The average Bonchev–Trinajstić information content (AvgIpc) is 3.07. The molecule has 0 bridgehead atoms. The first kappa shape index (κ1) is 22.3. The van der Waals surface area contributed by atoms with Crippen LogP contribution in [0.25, 0.3) is 0 Å². The van der Waals surface area contributed by atoms with E-state index in [9.17, 15) is 22.0 Å². The van der Waals surface area contributed by atoms with E-state index in [0.717, 1.165) is 12.1 Å². The van der Waals surface area contributed by atoms with Crippen molar-refractivity contribution >= 4 is 28.8 Å². The highest BCUT2D eigenvalue weighted by molar-refractivity contribution is 6.31. The molecule has 168 valence electrons. The summed E-state index contributed by atoms with van der Waals surface area (Å²) in [5, 5.41) is -0.225. The van der Waals surface area contributed by atoms with E-state index in [2.05, 4.69) is 9.97 Å². The average molecular weight is 469 g/mol. The van der Waals surface area contributed by atoms with Crippen LogP contribution in [0.1, 0.15) is 17.0 Å². The third kappa shape index (κ3) is 4.21. The van der Waals surface area contributed by atoms with Gasteiger partial charge in [-0.15, -0.1) is 0 Å². The number of aromatic nitrogens is 2. The highest BCUT2D eigenvalue weighted by atomic mass is 35.5. The van der Waals surface area contributed by atoms with Gasteiger partial charge in [-0.25, -0.2) is 13.8 Å². The first-order valence-electron chi connectivity index (χ1n) is 9.69. The second-order valence-corrected chi connectivity index (χ2v) is 8.06. The Morgan fingerprint density at radius 1 is 1.16 bits per heavy atom. The summed E-state index contributed by atoms with van der Waals surface area (Å²) in [6.45, 7) is 1.70. The summed E-state index contributed by atoms with van der Waals surface area (Å²) < 4.78 is 68.2. The number of nitrogens with zero attached hydrogens (tertiary/aromatic N) is 4. The van der Waals surface area contributed by atoms with Crippen molar-refractivity contribution in [1.29, 1.82) is 0 Å². The number of fused-ring (bicyclic) bond motifs is 1. The maximum atomic E-state index is 14.4. The lowest BCUT2D eigenvalue weighted by molar-refractivity contribution is -0.137. The fraction of sp³-hybridized carbons (Fsp3) is 0.273. The van der Waals surface area contributed by atoms with Crippen molar-refractivity contribution in [1.82, 2.24) is 9.97 Å². The van der Waals surface area contributed by atoms with Crippen LogP contribution in [-0.2, 0) is 12.6 Å². The number of anilines is 3. The molecule has 0 amide bonds. The normalized spacial score (nSPS) is 15.8. The Hall–Kier alpha value is -2.94. The summed E-state index contributed by atoms with van der Waals surface area (Å²) in [4.78, 5) is 11.9. The van der Waals surface area contributed by atoms with E-state index in [4.69, 9.17) is 11.6 Å². The van der Waals surface area contributed by atoms with Crippen LogP contribution in [0.2, 0.25) is 5.02 Å². The second-order valence-electron chi connectivity index (χ2n) is 7.65. The predicted octanol–water partition coefficient (Wildman–Crippen LogP) is 5.93. The van der Waals surface area contributed by atoms with Crippen LogP contribution in [-0.4, -0.2) is 29.6 Å². The second kappa shape index (κ2) is 8.20. The van der Waals surface area contributed by atoms with Crippen LogP contribution >= 0.6 is 11.6 Å². The van der Waals surface area contributed by atoms with Gasteiger partial charge in [-0.1, -0.05) is 11.6 Å². The van der Waals surface area contributed by atoms with Crippen molar-refractivity contribution in [2.45, 2.75) is 25.6 Å². The quantitative estimate of drug-likeness (QED) is 0.351. The molecular weight excluding hydrogens is 451 g/mol. The first-order chi connectivity index (χ1) is 15.0. The van der Waals surface area contributed by atoms with Gasteiger partial charge in [-0.3, -0.25) is 4.98 Å². The summed E-state index contributed by atoms with van der Waals surface area (Å²) in [6, 6.07) is 6.92. The molecule has 1 aliphatic heterocycles. The first-order valence-corrected chi connectivity index (χ1v) is 10.1. The Kier molecular flexibility index (Phi) is 5.70. The SMILES string of the molecule is Cc1cc(C(F)(F)F)cc(N2c3cccnc3C[C@@H]2CN(C)c2cc(Cl)c(F)cc2F)n1. The molecule has 3 aromatic rings. The van der Waals surface area contributed by atoms with E-state index >= 15 is 0 Å². The molecule has 0 saturated carbocycles. The monoisotopic (exact) mass is 468 g/mol. The molecule has 0 radical (unpaired) electrons. The van der Waals surface area contributed by atoms with Crippen LogP contribution in [0.3, 0.4) is 0 Å². The van der Waals surface area contributed by atoms with Gasteiger partial charge >= 0.3 is 6.18 Å². The molecular formula is C22H18ClF5N4. The van der Waals surface area contributed by atoms with Gasteiger partial charge in [-0.05, 0) is 37.3 Å². The number of alkyl halides is 3. The summed E-state index contributed by atoms with van der Waals surface area (Å²) in [5.74, 6) is -1.54. The molecule has 0 aliphatic carbocycles. The van der Waals surface area contributed by atoms with Crippen LogP contribution in [0.5, 0.6) is 0 Å². The number of likely N-dealkylation sites (N-methyl/N-ethyl adjacent to an activating group) is 1. The van der Waals surface area contributed by atoms with Gasteiger partial charge in [0.15, 0.2) is 0 Å². The largest absolute Gasteiger partial charge is 0.416 e. The van der Waals surface area contributed by atoms with Crippen LogP contribution in [0.4, 0.5) is 39.1 Å². The minimum Gasteiger partial charge on any atom is -0.370 e. The third-order valence-electron chi connectivity index (χ3n) is 5.32. The molecule has 0 unspecified atom stereocenters. The van der Waals surface area contributed by atoms with Gasteiger partial charge in [0, 0.05) is 38.0 Å². The Labute approximate surface area is 186 Å². The lowest BCUT2D eigenvalue weighted by Gasteiger charge is -2.31. The van der Waals surface area contributed by atoms with Gasteiger partial charge in [0.25, 0.3) is 0 Å². The lowest BCUT2D eigenvalue weighted by atomic mass is 10.1. The van der Waals surface area contributed by atoms with E-state index in [1.807, 2.05) is 0 Å². The zero-order valence-corrected chi connectivity index (χ0v) is 17.8. The molecule has 0 N–H and O–H groups in total. The number of hydrogen-bond donors (Lipinski definition) is 0. The van der Waals surface area contributed by atoms with Crippen molar-refractivity contribution in [3.8, 4) is 0 Å². The van der Waals surface area contributed by atoms with Crippen LogP contribution in [0.15, 0.2) is 42.6 Å². The molecule has 0 saturated heterocycles. The van der Waals surface area contributed by atoms with Gasteiger partial charge in [0.05, 0.1) is 33.7 Å². The van der Waals surface area contributed by atoms with Crippen molar-refractivity contribution < 1.29 is 22.0 Å². The Bertz CT molecular complexity index is 1170. The summed E-state index contributed by atoms with van der Waals surface area (Å²) in [7, 11) is 1.60. The maximum absolute atomic E-state index is 14.4. The number of pyridine rings is 2. The van der Waals surface area contributed by atoms with E-state index in [-0.39, 0.29) is 28.8 Å². The van der Waals surface area contributed by atoms with Crippen molar-refractivity contribution in [2.75, 3.05) is 23.4 Å². The Morgan fingerprint density at radius 2 is 1.91 bits per heavy atom. The molecule has 1 aromatic carbocycles. The Morgan fingerprint density at radius 3 is 2.62 bits per heavy atom. The number of aryl methyl sites for hydroxylation is 1. The van der Waals surface area contributed by atoms with Crippen LogP contribution in [0, 0.1) is 18.6 Å². The number of halogens is 6. The summed E-state index contributed by atoms with van der Waals surface area (Å²) in [6.07, 6.45) is -2.51. The van der Waals surface area contributed by atoms with E-state index in [1.165, 1.54) is 13.0 Å². The predicted molar refractivity (Wildman–Crippen MR) is 112 cm³/mol. The van der Waals surface area contributed by atoms with Gasteiger partial charge in [-0.2, -0.15) is 13.2 Å².